The summed E-state index contributed by atoms with van der Waals surface area (Å²) in [4.78, 5) is 2.44. The first-order valence-corrected chi connectivity index (χ1v) is 26.4. The summed E-state index contributed by atoms with van der Waals surface area (Å²) in [7, 11) is -3.95. The van der Waals surface area contributed by atoms with Crippen molar-refractivity contribution in [1.29, 1.82) is 0 Å². The lowest BCUT2D eigenvalue weighted by atomic mass is 9.82. The Morgan fingerprint density at radius 2 is 0.825 bits per heavy atom. The van der Waals surface area contributed by atoms with Crippen LogP contribution in [0.1, 0.15) is 49.9 Å². The second-order valence-corrected chi connectivity index (χ2v) is 27.2. The molecule has 0 saturated carbocycles. The summed E-state index contributed by atoms with van der Waals surface area (Å²) in [6.45, 7) is 19.3. The molecule has 5 heteroatoms. The van der Waals surface area contributed by atoms with E-state index in [1.165, 1.54) is 65.3 Å². The van der Waals surface area contributed by atoms with E-state index in [9.17, 15) is 0 Å². The number of para-hydroxylation sites is 3. The molecule has 2 aliphatic heterocycles. The number of fused-ring (bicyclic) bond motifs is 12. The summed E-state index contributed by atoms with van der Waals surface area (Å²) in [6, 6.07) is 51.9. The standard InChI is InChI=1S/C52H47NO2Si2/c1-51(2)37-26-28-45-49(54-41-18-12-14-20-43(41)56(45,5)6)47(37)35-24-22-33(30-39(35)51)53(32-16-10-9-11-17-32)34-23-25-36-40(31-34)52(3,4)38-27-29-46-50(48(36)38)55-42-19-13-15-21-44(42)57(46,7)8/h9-31H,1-8H3. The van der Waals surface area contributed by atoms with Crippen molar-refractivity contribution >= 4 is 54.0 Å². The van der Waals surface area contributed by atoms with Crippen LogP contribution in [0.4, 0.5) is 17.1 Å². The summed E-state index contributed by atoms with van der Waals surface area (Å²) in [5.74, 6) is 4.14. The average molecular weight is 774 g/mol. The zero-order valence-corrected chi connectivity index (χ0v) is 36.0. The molecule has 0 bridgehead atoms. The molecule has 0 aromatic heterocycles. The van der Waals surface area contributed by atoms with E-state index in [1.807, 2.05) is 0 Å². The van der Waals surface area contributed by atoms with Crippen LogP contribution in [0.5, 0.6) is 23.0 Å². The Morgan fingerprint density at radius 3 is 1.28 bits per heavy atom. The molecule has 4 aliphatic rings. The third-order valence-corrected chi connectivity index (χ3v) is 21.0. The highest BCUT2D eigenvalue weighted by molar-refractivity contribution is 7.02. The van der Waals surface area contributed by atoms with E-state index in [1.54, 1.807) is 0 Å². The molecule has 2 heterocycles. The number of rotatable bonds is 3. The van der Waals surface area contributed by atoms with Crippen LogP contribution < -0.4 is 35.1 Å². The van der Waals surface area contributed by atoms with Crippen LogP contribution in [0.25, 0.3) is 22.3 Å². The summed E-state index contributed by atoms with van der Waals surface area (Å²) < 4.78 is 13.8. The topological polar surface area (TPSA) is 21.7 Å². The highest BCUT2D eigenvalue weighted by Gasteiger charge is 2.46. The molecule has 0 saturated heterocycles. The van der Waals surface area contributed by atoms with Gasteiger partial charge in [0, 0.05) is 39.0 Å². The Balaban J connectivity index is 1.06. The molecule has 280 valence electrons. The zero-order chi connectivity index (χ0) is 39.2. The van der Waals surface area contributed by atoms with Crippen molar-refractivity contribution in [3.8, 4) is 45.3 Å². The fourth-order valence-electron chi connectivity index (χ4n) is 10.7. The van der Waals surface area contributed by atoms with Crippen molar-refractivity contribution in [2.24, 2.45) is 0 Å². The van der Waals surface area contributed by atoms with Crippen LogP contribution in [-0.4, -0.2) is 16.1 Å². The van der Waals surface area contributed by atoms with Gasteiger partial charge in [-0.15, -0.1) is 0 Å². The molecule has 0 spiro atoms. The van der Waals surface area contributed by atoms with Crippen LogP contribution >= 0.6 is 0 Å². The van der Waals surface area contributed by atoms with Gasteiger partial charge in [0.1, 0.15) is 39.1 Å². The Kier molecular flexibility index (Phi) is 6.98. The van der Waals surface area contributed by atoms with Gasteiger partial charge in [-0.25, -0.2) is 0 Å². The fraction of sp³-hybridized carbons (Fsp3) is 0.192. The maximum absolute atomic E-state index is 6.89. The van der Waals surface area contributed by atoms with E-state index in [0.29, 0.717) is 0 Å². The second kappa shape index (κ2) is 11.5. The van der Waals surface area contributed by atoms with Crippen molar-refractivity contribution in [2.45, 2.75) is 64.7 Å². The number of nitrogens with zero attached hydrogens (tertiary/aromatic N) is 1. The highest BCUT2D eigenvalue weighted by atomic mass is 28.3. The minimum atomic E-state index is -1.97. The quantitative estimate of drug-likeness (QED) is 0.167. The molecule has 0 N–H and O–H groups in total. The van der Waals surface area contributed by atoms with Gasteiger partial charge in [-0.3, -0.25) is 0 Å². The molecule has 0 amide bonds. The maximum Gasteiger partial charge on any atom is 0.135 e. The first kappa shape index (κ1) is 34.6. The molecule has 0 atom stereocenters. The molecule has 0 unspecified atom stereocenters. The van der Waals surface area contributed by atoms with Gasteiger partial charge in [0.2, 0.25) is 0 Å². The Bertz CT molecular complexity index is 2690. The number of ether oxygens (including phenoxy) is 2. The van der Waals surface area contributed by atoms with Crippen molar-refractivity contribution in [1.82, 2.24) is 0 Å². The molecule has 0 fully saturated rings. The number of hydrogen-bond donors (Lipinski definition) is 0. The van der Waals surface area contributed by atoms with Crippen LogP contribution in [-0.2, 0) is 10.8 Å². The Hall–Kier alpha value is -5.63. The number of hydrogen-bond acceptors (Lipinski definition) is 3. The molecular weight excluding hydrogens is 727 g/mol. The molecule has 7 aromatic rings. The van der Waals surface area contributed by atoms with Gasteiger partial charge in [0.15, 0.2) is 0 Å². The predicted molar refractivity (Wildman–Crippen MR) is 243 cm³/mol. The Labute approximate surface area is 338 Å². The van der Waals surface area contributed by atoms with E-state index >= 15 is 0 Å². The van der Waals surface area contributed by atoms with E-state index in [-0.39, 0.29) is 10.8 Å². The highest BCUT2D eigenvalue weighted by Crippen LogP contribution is 2.57. The predicted octanol–water partition coefficient (Wildman–Crippen LogP) is 11.6. The van der Waals surface area contributed by atoms with Crippen LogP contribution in [0.3, 0.4) is 0 Å². The lowest BCUT2D eigenvalue weighted by Gasteiger charge is -2.34. The molecule has 57 heavy (non-hydrogen) atoms. The summed E-state index contributed by atoms with van der Waals surface area (Å²) in [5.41, 5.74) is 13.4. The first-order valence-electron chi connectivity index (χ1n) is 20.4. The minimum absolute atomic E-state index is 0.208. The normalized spacial score (nSPS) is 17.3. The molecule has 0 radical (unpaired) electrons. The van der Waals surface area contributed by atoms with Gasteiger partial charge < -0.3 is 14.4 Å². The monoisotopic (exact) mass is 773 g/mol. The lowest BCUT2D eigenvalue weighted by Crippen LogP contribution is -2.56. The molecule has 11 rings (SSSR count). The maximum atomic E-state index is 6.89. The smallest absolute Gasteiger partial charge is 0.135 e. The molecule has 3 nitrogen and oxygen atoms in total. The van der Waals surface area contributed by atoms with Crippen LogP contribution in [0.15, 0.2) is 140 Å². The van der Waals surface area contributed by atoms with Crippen molar-refractivity contribution in [2.75, 3.05) is 4.90 Å². The van der Waals surface area contributed by atoms with Crippen LogP contribution in [0.2, 0.25) is 26.2 Å². The van der Waals surface area contributed by atoms with Gasteiger partial charge in [-0.2, -0.15) is 0 Å². The van der Waals surface area contributed by atoms with Crippen molar-refractivity contribution in [3.05, 3.63) is 162 Å². The largest absolute Gasteiger partial charge is 0.457 e. The minimum Gasteiger partial charge on any atom is -0.457 e. The number of anilines is 3. The van der Waals surface area contributed by atoms with E-state index in [4.69, 9.17) is 9.47 Å². The molecule has 2 aliphatic carbocycles. The summed E-state index contributed by atoms with van der Waals surface area (Å²) in [6.07, 6.45) is 0. The number of benzene rings is 7. The van der Waals surface area contributed by atoms with Gasteiger partial charge in [-0.1, -0.05) is 145 Å². The van der Waals surface area contributed by atoms with Crippen molar-refractivity contribution in [3.63, 3.8) is 0 Å². The second-order valence-electron chi connectivity index (χ2n) is 18.6. The van der Waals surface area contributed by atoms with E-state index < -0.39 is 16.1 Å². The molecular formula is C52H47NO2Si2. The van der Waals surface area contributed by atoms with Gasteiger partial charge in [0.05, 0.1) is 0 Å². The van der Waals surface area contributed by atoms with Gasteiger partial charge >= 0.3 is 0 Å². The average Bonchev–Trinajstić information content (AvgIpc) is 3.58. The lowest BCUT2D eigenvalue weighted by molar-refractivity contribution is 0.487. The SMILES string of the molecule is CC1(C)c2cc(N(c3ccccc3)c3ccc4c(c3)C(C)(C)c3ccc5c(c3-4)Oc3ccccc3[Si]5(C)C)ccc2-c2c1ccc1c2Oc2ccccc2[Si]1(C)C. The third-order valence-electron chi connectivity index (χ3n) is 14.0. The zero-order valence-electron chi connectivity index (χ0n) is 34.0. The molecule has 7 aromatic carbocycles. The first-order chi connectivity index (χ1) is 27.3. The third kappa shape index (κ3) is 4.58. The van der Waals surface area contributed by atoms with Crippen LogP contribution in [0, 0.1) is 0 Å². The van der Waals surface area contributed by atoms with E-state index in [2.05, 4.69) is 198 Å². The van der Waals surface area contributed by atoms with Crippen molar-refractivity contribution < 1.29 is 9.47 Å². The van der Waals surface area contributed by atoms with Gasteiger partial charge in [0.25, 0.3) is 0 Å². The fourth-order valence-corrected chi connectivity index (χ4v) is 16.3. The summed E-state index contributed by atoms with van der Waals surface area (Å²) in [5, 5.41) is 5.49. The Morgan fingerprint density at radius 1 is 0.404 bits per heavy atom. The van der Waals surface area contributed by atoms with E-state index in [0.717, 1.165) is 40.1 Å². The van der Waals surface area contributed by atoms with Gasteiger partial charge in [-0.05, 0) is 103 Å². The summed E-state index contributed by atoms with van der Waals surface area (Å²) >= 11 is 0.